The normalized spacial score (nSPS) is 10.0. The molecule has 0 saturated heterocycles. The number of rotatable bonds is 6. The van der Waals surface area contributed by atoms with Crippen LogP contribution in [0.1, 0.15) is 5.56 Å². The minimum atomic E-state index is -0.418. The second-order valence-electron chi connectivity index (χ2n) is 4.81. The van der Waals surface area contributed by atoms with Gasteiger partial charge in [0.25, 0.3) is 0 Å². The number of hydrogen-bond acceptors (Lipinski definition) is 4. The third-order valence-electron chi connectivity index (χ3n) is 3.33. The van der Waals surface area contributed by atoms with Crippen molar-refractivity contribution in [2.24, 2.45) is 0 Å². The molecule has 2 aromatic rings. The third-order valence-corrected chi connectivity index (χ3v) is 3.33. The van der Waals surface area contributed by atoms with Crippen molar-refractivity contribution < 1.29 is 23.4 Å². The van der Waals surface area contributed by atoms with Crippen molar-refractivity contribution >= 4 is 11.7 Å². The third kappa shape index (κ3) is 4.07. The molecular weight excluding hydrogens is 315 g/mol. The van der Waals surface area contributed by atoms with Crippen LogP contribution in [-0.2, 0) is 6.54 Å². The van der Waals surface area contributed by atoms with Gasteiger partial charge in [-0.3, -0.25) is 0 Å². The molecule has 0 aliphatic rings. The number of amides is 2. The molecule has 0 bridgehead atoms. The first-order valence-electron chi connectivity index (χ1n) is 7.17. The minimum absolute atomic E-state index is 0.219. The Morgan fingerprint density at radius 3 is 2.21 bits per heavy atom. The molecule has 0 unspecified atom stereocenters. The molecular formula is C17H19FN2O4. The molecule has 2 rings (SSSR count). The molecule has 24 heavy (non-hydrogen) atoms. The number of benzene rings is 2. The van der Waals surface area contributed by atoms with Gasteiger partial charge >= 0.3 is 6.03 Å². The molecule has 0 fully saturated rings. The fourth-order valence-electron chi connectivity index (χ4n) is 2.19. The van der Waals surface area contributed by atoms with E-state index in [9.17, 15) is 9.18 Å². The highest BCUT2D eigenvalue weighted by Crippen LogP contribution is 2.39. The van der Waals surface area contributed by atoms with E-state index in [1.54, 1.807) is 12.1 Å². The van der Waals surface area contributed by atoms with Crippen LogP contribution >= 0.6 is 0 Å². The number of urea groups is 1. The second-order valence-corrected chi connectivity index (χ2v) is 4.81. The number of carbonyl (C=O) groups excluding carboxylic acids is 1. The zero-order valence-electron chi connectivity index (χ0n) is 13.7. The summed E-state index contributed by atoms with van der Waals surface area (Å²) in [5.41, 5.74) is 1.22. The fraction of sp³-hybridized carbons (Fsp3) is 0.235. The number of carbonyl (C=O) groups is 1. The summed E-state index contributed by atoms with van der Waals surface area (Å²) in [4.78, 5) is 11.9. The molecule has 2 N–H and O–H groups in total. The van der Waals surface area contributed by atoms with Crippen molar-refractivity contribution in [3.8, 4) is 17.2 Å². The van der Waals surface area contributed by atoms with Gasteiger partial charge in [-0.15, -0.1) is 0 Å². The lowest BCUT2D eigenvalue weighted by Gasteiger charge is -2.16. The number of halogens is 1. The quantitative estimate of drug-likeness (QED) is 0.851. The maximum Gasteiger partial charge on any atom is 0.319 e. The van der Waals surface area contributed by atoms with E-state index < -0.39 is 6.03 Å². The van der Waals surface area contributed by atoms with E-state index >= 15 is 0 Å². The summed E-state index contributed by atoms with van der Waals surface area (Å²) in [6.45, 7) is 0.219. The van der Waals surface area contributed by atoms with Crippen LogP contribution in [0, 0.1) is 5.82 Å². The molecule has 0 spiro atoms. The average molecular weight is 334 g/mol. The predicted molar refractivity (Wildman–Crippen MR) is 88.4 cm³/mol. The van der Waals surface area contributed by atoms with Gasteiger partial charge in [-0.25, -0.2) is 9.18 Å². The summed E-state index contributed by atoms with van der Waals surface area (Å²) >= 11 is 0. The van der Waals surface area contributed by atoms with E-state index in [1.807, 2.05) is 0 Å². The molecule has 6 nitrogen and oxygen atoms in total. The predicted octanol–water partition coefficient (Wildman–Crippen LogP) is 3.17. The van der Waals surface area contributed by atoms with Crippen molar-refractivity contribution in [3.63, 3.8) is 0 Å². The monoisotopic (exact) mass is 334 g/mol. The molecule has 0 aromatic heterocycles. The van der Waals surface area contributed by atoms with Gasteiger partial charge in [-0.05, 0) is 36.4 Å². The Hall–Kier alpha value is -2.96. The summed E-state index contributed by atoms with van der Waals surface area (Å²) in [7, 11) is 4.56. The Labute approximate surface area is 139 Å². The van der Waals surface area contributed by atoms with Crippen molar-refractivity contribution in [2.45, 2.75) is 6.54 Å². The number of nitrogens with one attached hydrogen (secondary N) is 2. The molecule has 0 heterocycles. The summed E-state index contributed by atoms with van der Waals surface area (Å²) in [6.07, 6.45) is 0. The highest BCUT2D eigenvalue weighted by atomic mass is 19.1. The molecule has 128 valence electrons. The maximum atomic E-state index is 12.8. The number of ether oxygens (including phenoxy) is 3. The van der Waals surface area contributed by atoms with Gasteiger partial charge in [0.2, 0.25) is 5.75 Å². The van der Waals surface area contributed by atoms with E-state index in [0.717, 1.165) is 5.56 Å². The Kier molecular flexibility index (Phi) is 5.83. The summed E-state index contributed by atoms with van der Waals surface area (Å²) < 4.78 is 28.7. The van der Waals surface area contributed by atoms with Crippen molar-refractivity contribution in [1.82, 2.24) is 5.32 Å². The summed E-state index contributed by atoms with van der Waals surface area (Å²) in [5, 5.41) is 5.32. The van der Waals surface area contributed by atoms with E-state index in [1.165, 1.54) is 45.6 Å². The van der Waals surface area contributed by atoms with E-state index in [0.29, 0.717) is 22.9 Å². The number of methoxy groups -OCH3 is 3. The van der Waals surface area contributed by atoms with Gasteiger partial charge in [0.15, 0.2) is 11.5 Å². The molecule has 7 heteroatoms. The van der Waals surface area contributed by atoms with Gasteiger partial charge in [0.05, 0.1) is 21.3 Å². The van der Waals surface area contributed by atoms with E-state index in [-0.39, 0.29) is 12.4 Å². The number of anilines is 1. The zero-order chi connectivity index (χ0) is 17.5. The van der Waals surface area contributed by atoms with Crippen LogP contribution in [-0.4, -0.2) is 27.4 Å². The Morgan fingerprint density at radius 2 is 1.62 bits per heavy atom. The topological polar surface area (TPSA) is 68.8 Å². The average Bonchev–Trinajstić information content (AvgIpc) is 2.60. The molecule has 0 aliphatic heterocycles. The van der Waals surface area contributed by atoms with Gasteiger partial charge in [-0.1, -0.05) is 0 Å². The molecule has 2 aromatic carbocycles. The minimum Gasteiger partial charge on any atom is -0.493 e. The summed E-state index contributed by atoms with van der Waals surface area (Å²) in [6, 6.07) is 8.59. The van der Waals surface area contributed by atoms with Crippen LogP contribution < -0.4 is 24.8 Å². The van der Waals surface area contributed by atoms with Crippen LogP contribution in [0.15, 0.2) is 36.4 Å². The van der Waals surface area contributed by atoms with Crippen LogP contribution in [0.2, 0.25) is 0 Å². The largest absolute Gasteiger partial charge is 0.493 e. The lowest BCUT2D eigenvalue weighted by atomic mass is 10.1. The van der Waals surface area contributed by atoms with E-state index in [2.05, 4.69) is 10.6 Å². The van der Waals surface area contributed by atoms with Crippen LogP contribution in [0.25, 0.3) is 0 Å². The lowest BCUT2D eigenvalue weighted by Crippen LogP contribution is -2.28. The molecule has 0 saturated carbocycles. The van der Waals surface area contributed by atoms with Gasteiger partial charge in [-0.2, -0.15) is 0 Å². The van der Waals surface area contributed by atoms with Gasteiger partial charge < -0.3 is 24.8 Å². The molecule has 0 radical (unpaired) electrons. The molecule has 0 atom stereocenters. The Balaban J connectivity index is 2.05. The maximum absolute atomic E-state index is 12.8. The second kappa shape index (κ2) is 8.05. The van der Waals surface area contributed by atoms with Crippen LogP contribution in [0.5, 0.6) is 17.2 Å². The van der Waals surface area contributed by atoms with Gasteiger partial charge in [0.1, 0.15) is 5.82 Å². The smallest absolute Gasteiger partial charge is 0.319 e. The zero-order valence-corrected chi connectivity index (χ0v) is 13.7. The summed E-state index contributed by atoms with van der Waals surface area (Å²) in [5.74, 6) is 1.11. The Bertz CT molecular complexity index is 704. The fourth-order valence-corrected chi connectivity index (χ4v) is 2.19. The number of hydrogen-bond donors (Lipinski definition) is 2. The van der Waals surface area contributed by atoms with Crippen molar-refractivity contribution in [2.75, 3.05) is 26.6 Å². The highest BCUT2D eigenvalue weighted by molar-refractivity contribution is 5.89. The Morgan fingerprint density at radius 1 is 0.958 bits per heavy atom. The standard InChI is InChI=1S/C17H19FN2O4/c1-22-14-9-4-11(15(23-2)16(14)24-3)10-19-17(21)20-13-7-5-12(18)6-8-13/h4-9H,10H2,1-3H3,(H2,19,20,21). The molecule has 2 amide bonds. The lowest BCUT2D eigenvalue weighted by molar-refractivity contribution is 0.251. The highest BCUT2D eigenvalue weighted by Gasteiger charge is 2.16. The van der Waals surface area contributed by atoms with E-state index in [4.69, 9.17) is 14.2 Å². The first-order valence-corrected chi connectivity index (χ1v) is 7.17. The molecule has 0 aliphatic carbocycles. The van der Waals surface area contributed by atoms with Gasteiger partial charge in [0, 0.05) is 17.8 Å². The first-order chi connectivity index (χ1) is 11.6. The van der Waals surface area contributed by atoms with Crippen molar-refractivity contribution in [3.05, 3.63) is 47.8 Å². The SMILES string of the molecule is COc1ccc(CNC(=O)Nc2ccc(F)cc2)c(OC)c1OC. The van der Waals surface area contributed by atoms with Crippen LogP contribution in [0.3, 0.4) is 0 Å². The van der Waals surface area contributed by atoms with Crippen LogP contribution in [0.4, 0.5) is 14.9 Å². The first kappa shape index (κ1) is 17.4. The van der Waals surface area contributed by atoms with Crippen molar-refractivity contribution in [1.29, 1.82) is 0 Å².